The van der Waals surface area contributed by atoms with Crippen molar-refractivity contribution in [2.75, 3.05) is 19.3 Å². The summed E-state index contributed by atoms with van der Waals surface area (Å²) in [5.41, 5.74) is 6.92. The van der Waals surface area contributed by atoms with E-state index in [0.29, 0.717) is 11.3 Å². The topological polar surface area (TPSA) is 46.3 Å². The van der Waals surface area contributed by atoms with E-state index in [4.69, 9.17) is 5.73 Å². The molecule has 1 amide bonds. The summed E-state index contributed by atoms with van der Waals surface area (Å²) >= 11 is 0. The second-order valence-corrected chi connectivity index (χ2v) is 3.71. The molecule has 15 heavy (non-hydrogen) atoms. The van der Waals surface area contributed by atoms with E-state index in [1.54, 1.807) is 29.2 Å². The van der Waals surface area contributed by atoms with Gasteiger partial charge in [0.05, 0.1) is 0 Å². The summed E-state index contributed by atoms with van der Waals surface area (Å²) in [4.78, 5) is 13.6. The number of unbranched alkanes of at least 4 members (excludes halogenated alkanes) is 1. The van der Waals surface area contributed by atoms with Crippen molar-refractivity contribution in [1.29, 1.82) is 0 Å². The summed E-state index contributed by atoms with van der Waals surface area (Å²) < 4.78 is 0. The SMILES string of the molecule is CCCCN(C)C(=O)c1cccc(N)c1. The molecule has 0 bridgehead atoms. The molecule has 1 aromatic carbocycles. The molecule has 0 unspecified atom stereocenters. The van der Waals surface area contributed by atoms with Gasteiger partial charge in [0.15, 0.2) is 0 Å². The summed E-state index contributed by atoms with van der Waals surface area (Å²) in [7, 11) is 1.82. The largest absolute Gasteiger partial charge is 0.399 e. The zero-order valence-electron chi connectivity index (χ0n) is 9.36. The van der Waals surface area contributed by atoms with Crippen LogP contribution >= 0.6 is 0 Å². The molecule has 0 spiro atoms. The highest BCUT2D eigenvalue weighted by Crippen LogP contribution is 2.09. The highest BCUT2D eigenvalue weighted by molar-refractivity contribution is 5.94. The van der Waals surface area contributed by atoms with E-state index >= 15 is 0 Å². The van der Waals surface area contributed by atoms with Gasteiger partial charge in [0.1, 0.15) is 0 Å². The number of rotatable bonds is 4. The molecule has 0 aliphatic heterocycles. The number of nitrogen functional groups attached to an aromatic ring is 1. The van der Waals surface area contributed by atoms with Gasteiger partial charge in [-0.3, -0.25) is 4.79 Å². The first-order chi connectivity index (χ1) is 7.15. The van der Waals surface area contributed by atoms with Gasteiger partial charge in [-0.15, -0.1) is 0 Å². The van der Waals surface area contributed by atoms with Crippen LogP contribution < -0.4 is 5.73 Å². The van der Waals surface area contributed by atoms with E-state index in [9.17, 15) is 4.79 Å². The van der Waals surface area contributed by atoms with Gasteiger partial charge in [-0.25, -0.2) is 0 Å². The number of amides is 1. The van der Waals surface area contributed by atoms with Crippen LogP contribution in [0.25, 0.3) is 0 Å². The molecule has 0 atom stereocenters. The highest BCUT2D eigenvalue weighted by atomic mass is 16.2. The number of hydrogen-bond acceptors (Lipinski definition) is 2. The summed E-state index contributed by atoms with van der Waals surface area (Å²) in [5, 5.41) is 0. The maximum Gasteiger partial charge on any atom is 0.253 e. The maximum atomic E-state index is 11.9. The fourth-order valence-corrected chi connectivity index (χ4v) is 1.39. The van der Waals surface area contributed by atoms with Crippen molar-refractivity contribution < 1.29 is 4.79 Å². The molecule has 3 nitrogen and oxygen atoms in total. The summed E-state index contributed by atoms with van der Waals surface area (Å²) in [6.07, 6.45) is 2.12. The fourth-order valence-electron chi connectivity index (χ4n) is 1.39. The van der Waals surface area contributed by atoms with Gasteiger partial charge in [-0.2, -0.15) is 0 Å². The first-order valence-corrected chi connectivity index (χ1v) is 5.26. The Labute approximate surface area is 90.9 Å². The van der Waals surface area contributed by atoms with Gasteiger partial charge in [0.2, 0.25) is 0 Å². The number of nitrogens with two attached hydrogens (primary N) is 1. The standard InChI is InChI=1S/C12H18N2O/c1-3-4-8-14(2)12(15)10-6-5-7-11(13)9-10/h5-7,9H,3-4,8,13H2,1-2H3. The lowest BCUT2D eigenvalue weighted by molar-refractivity contribution is 0.0793. The van der Waals surface area contributed by atoms with Crippen LogP contribution in [0.1, 0.15) is 30.1 Å². The van der Waals surface area contributed by atoms with E-state index in [-0.39, 0.29) is 5.91 Å². The minimum absolute atomic E-state index is 0.0377. The molecule has 0 aromatic heterocycles. The van der Waals surface area contributed by atoms with E-state index in [1.165, 1.54) is 0 Å². The Morgan fingerprint density at radius 3 is 2.80 bits per heavy atom. The molecular weight excluding hydrogens is 188 g/mol. The zero-order valence-corrected chi connectivity index (χ0v) is 9.36. The highest BCUT2D eigenvalue weighted by Gasteiger charge is 2.10. The molecule has 0 saturated carbocycles. The van der Waals surface area contributed by atoms with Crippen LogP contribution in [-0.4, -0.2) is 24.4 Å². The lowest BCUT2D eigenvalue weighted by atomic mass is 10.2. The van der Waals surface area contributed by atoms with Crippen molar-refractivity contribution in [3.8, 4) is 0 Å². The summed E-state index contributed by atoms with van der Waals surface area (Å²) in [6, 6.07) is 7.09. The maximum absolute atomic E-state index is 11.9. The van der Waals surface area contributed by atoms with Gasteiger partial charge in [-0.1, -0.05) is 19.4 Å². The minimum Gasteiger partial charge on any atom is -0.399 e. The van der Waals surface area contributed by atoms with E-state index in [0.717, 1.165) is 19.4 Å². The predicted molar refractivity (Wildman–Crippen MR) is 62.7 cm³/mol. The van der Waals surface area contributed by atoms with Crippen molar-refractivity contribution in [2.45, 2.75) is 19.8 Å². The van der Waals surface area contributed by atoms with E-state index in [1.807, 2.05) is 7.05 Å². The van der Waals surface area contributed by atoms with Crippen LogP contribution in [0.2, 0.25) is 0 Å². The van der Waals surface area contributed by atoms with Gasteiger partial charge in [0, 0.05) is 24.8 Å². The van der Waals surface area contributed by atoms with Crippen LogP contribution in [0.3, 0.4) is 0 Å². The third kappa shape index (κ3) is 3.27. The van der Waals surface area contributed by atoms with Crippen LogP contribution in [-0.2, 0) is 0 Å². The predicted octanol–water partition coefficient (Wildman–Crippen LogP) is 2.14. The Balaban J connectivity index is 2.67. The molecule has 3 heteroatoms. The number of benzene rings is 1. The van der Waals surface area contributed by atoms with Crippen molar-refractivity contribution in [3.05, 3.63) is 29.8 Å². The van der Waals surface area contributed by atoms with Crippen molar-refractivity contribution in [3.63, 3.8) is 0 Å². The molecule has 0 fully saturated rings. The fraction of sp³-hybridized carbons (Fsp3) is 0.417. The first kappa shape index (κ1) is 11.6. The second-order valence-electron chi connectivity index (χ2n) is 3.71. The Hall–Kier alpha value is -1.51. The molecule has 0 aliphatic rings. The van der Waals surface area contributed by atoms with Crippen LogP contribution in [0.4, 0.5) is 5.69 Å². The number of hydrogen-bond donors (Lipinski definition) is 1. The molecule has 0 aliphatic carbocycles. The lowest BCUT2D eigenvalue weighted by Gasteiger charge is -2.16. The molecule has 1 rings (SSSR count). The molecule has 0 saturated heterocycles. The van der Waals surface area contributed by atoms with Gasteiger partial charge < -0.3 is 10.6 Å². The van der Waals surface area contributed by atoms with Crippen molar-refractivity contribution >= 4 is 11.6 Å². The molecule has 0 radical (unpaired) electrons. The van der Waals surface area contributed by atoms with E-state index in [2.05, 4.69) is 6.92 Å². The molecular formula is C12H18N2O. The lowest BCUT2D eigenvalue weighted by Crippen LogP contribution is -2.27. The number of carbonyl (C=O) groups excluding carboxylic acids is 1. The molecule has 1 aromatic rings. The monoisotopic (exact) mass is 206 g/mol. The number of nitrogens with zero attached hydrogens (tertiary/aromatic N) is 1. The van der Waals surface area contributed by atoms with Crippen molar-refractivity contribution in [2.24, 2.45) is 0 Å². The van der Waals surface area contributed by atoms with Crippen LogP contribution in [0.5, 0.6) is 0 Å². The van der Waals surface area contributed by atoms with Crippen molar-refractivity contribution in [1.82, 2.24) is 4.90 Å². The first-order valence-electron chi connectivity index (χ1n) is 5.26. The Morgan fingerprint density at radius 2 is 2.20 bits per heavy atom. The Morgan fingerprint density at radius 1 is 1.47 bits per heavy atom. The Kier molecular flexibility index (Phi) is 4.16. The molecule has 82 valence electrons. The molecule has 0 heterocycles. The third-order valence-electron chi connectivity index (χ3n) is 2.33. The third-order valence-corrected chi connectivity index (χ3v) is 2.33. The number of carbonyl (C=O) groups is 1. The quantitative estimate of drug-likeness (QED) is 0.767. The Bertz CT molecular complexity index is 336. The molecule has 2 N–H and O–H groups in total. The normalized spacial score (nSPS) is 10.0. The minimum atomic E-state index is 0.0377. The smallest absolute Gasteiger partial charge is 0.253 e. The number of anilines is 1. The van der Waals surface area contributed by atoms with Crippen LogP contribution in [0.15, 0.2) is 24.3 Å². The average molecular weight is 206 g/mol. The van der Waals surface area contributed by atoms with Gasteiger partial charge in [0.25, 0.3) is 5.91 Å². The second kappa shape index (κ2) is 5.39. The van der Waals surface area contributed by atoms with Gasteiger partial charge >= 0.3 is 0 Å². The zero-order chi connectivity index (χ0) is 11.3. The average Bonchev–Trinajstić information content (AvgIpc) is 2.24. The van der Waals surface area contributed by atoms with Crippen LogP contribution in [0, 0.1) is 0 Å². The van der Waals surface area contributed by atoms with E-state index < -0.39 is 0 Å². The summed E-state index contributed by atoms with van der Waals surface area (Å²) in [5.74, 6) is 0.0377. The summed E-state index contributed by atoms with van der Waals surface area (Å²) in [6.45, 7) is 2.91. The van der Waals surface area contributed by atoms with Gasteiger partial charge in [-0.05, 0) is 24.6 Å².